The lowest BCUT2D eigenvalue weighted by Gasteiger charge is -2.13. The minimum atomic E-state index is -0.637. The van der Waals surface area contributed by atoms with Crippen molar-refractivity contribution in [2.45, 2.75) is 12.5 Å². The molecule has 3 nitrogen and oxygen atoms in total. The molecular weight excluding hydrogens is 238 g/mol. The van der Waals surface area contributed by atoms with Crippen LogP contribution in [0.4, 0.5) is 0 Å². The normalized spacial score (nSPS) is 12.2. The van der Waals surface area contributed by atoms with Crippen molar-refractivity contribution in [1.82, 2.24) is 0 Å². The van der Waals surface area contributed by atoms with E-state index in [2.05, 4.69) is 0 Å². The molecule has 0 radical (unpaired) electrons. The van der Waals surface area contributed by atoms with Gasteiger partial charge in [0.25, 0.3) is 0 Å². The van der Waals surface area contributed by atoms with Crippen molar-refractivity contribution in [2.24, 2.45) is 5.73 Å². The first-order valence-electron chi connectivity index (χ1n) is 6.35. The van der Waals surface area contributed by atoms with Gasteiger partial charge in [-0.3, -0.25) is 0 Å². The van der Waals surface area contributed by atoms with E-state index in [0.717, 1.165) is 23.3 Å². The zero-order valence-electron chi connectivity index (χ0n) is 11.0. The van der Waals surface area contributed by atoms with Crippen molar-refractivity contribution < 1.29 is 9.84 Å². The Hall–Kier alpha value is -1.84. The molecule has 0 saturated carbocycles. The number of hydrogen-bond acceptors (Lipinski definition) is 3. The zero-order valence-corrected chi connectivity index (χ0v) is 11.0. The smallest absolute Gasteiger partial charge is 0.119 e. The van der Waals surface area contributed by atoms with Gasteiger partial charge in [-0.05, 0) is 41.8 Å². The molecule has 0 bridgehead atoms. The lowest BCUT2D eigenvalue weighted by Crippen LogP contribution is -2.04. The maximum Gasteiger partial charge on any atom is 0.119 e. The quantitative estimate of drug-likeness (QED) is 0.864. The van der Waals surface area contributed by atoms with E-state index in [1.807, 2.05) is 48.5 Å². The van der Waals surface area contributed by atoms with E-state index in [1.165, 1.54) is 5.56 Å². The summed E-state index contributed by atoms with van der Waals surface area (Å²) in [5.41, 5.74) is 8.40. The fourth-order valence-corrected chi connectivity index (χ4v) is 2.04. The number of nitrogens with two attached hydrogens (primary N) is 1. The van der Waals surface area contributed by atoms with E-state index in [4.69, 9.17) is 10.5 Å². The molecular formula is C16H19NO2. The van der Waals surface area contributed by atoms with E-state index < -0.39 is 6.10 Å². The number of hydrogen-bond donors (Lipinski definition) is 2. The first-order valence-corrected chi connectivity index (χ1v) is 6.35. The molecule has 0 aliphatic carbocycles. The van der Waals surface area contributed by atoms with Gasteiger partial charge in [-0.2, -0.15) is 0 Å². The third kappa shape index (κ3) is 3.34. The van der Waals surface area contributed by atoms with Gasteiger partial charge in [-0.1, -0.05) is 36.4 Å². The van der Waals surface area contributed by atoms with Gasteiger partial charge in [0.15, 0.2) is 0 Å². The van der Waals surface area contributed by atoms with Gasteiger partial charge in [0.2, 0.25) is 0 Å². The molecule has 3 heteroatoms. The van der Waals surface area contributed by atoms with Gasteiger partial charge >= 0.3 is 0 Å². The van der Waals surface area contributed by atoms with Gasteiger partial charge in [0.05, 0.1) is 7.11 Å². The highest BCUT2D eigenvalue weighted by molar-refractivity contribution is 5.36. The number of ether oxygens (including phenoxy) is 1. The Morgan fingerprint density at radius 1 is 1.11 bits per heavy atom. The summed E-state index contributed by atoms with van der Waals surface area (Å²) in [6.45, 7) is 0.637. The first-order chi connectivity index (χ1) is 9.24. The van der Waals surface area contributed by atoms with Crippen LogP contribution in [0.1, 0.15) is 22.8 Å². The molecule has 0 aliphatic rings. The molecule has 2 aromatic rings. The highest BCUT2D eigenvalue weighted by atomic mass is 16.5. The van der Waals surface area contributed by atoms with E-state index in [-0.39, 0.29) is 0 Å². The van der Waals surface area contributed by atoms with Crippen LogP contribution >= 0.6 is 0 Å². The topological polar surface area (TPSA) is 55.5 Å². The van der Waals surface area contributed by atoms with Crippen molar-refractivity contribution in [1.29, 1.82) is 0 Å². The van der Waals surface area contributed by atoms with Crippen LogP contribution in [0.25, 0.3) is 0 Å². The predicted molar refractivity (Wildman–Crippen MR) is 76.3 cm³/mol. The second kappa shape index (κ2) is 6.36. The summed E-state index contributed by atoms with van der Waals surface area (Å²) in [5.74, 6) is 0.747. The monoisotopic (exact) mass is 257 g/mol. The SMILES string of the molecule is COc1cccc(C(O)c2ccc(CCN)cc2)c1. The Balaban J connectivity index is 2.20. The average molecular weight is 257 g/mol. The van der Waals surface area contributed by atoms with E-state index in [9.17, 15) is 5.11 Å². The van der Waals surface area contributed by atoms with Crippen LogP contribution in [0.3, 0.4) is 0 Å². The fourth-order valence-electron chi connectivity index (χ4n) is 2.04. The molecule has 100 valence electrons. The van der Waals surface area contributed by atoms with Crippen LogP contribution in [0.15, 0.2) is 48.5 Å². The van der Waals surface area contributed by atoms with Crippen LogP contribution in [-0.2, 0) is 6.42 Å². The highest BCUT2D eigenvalue weighted by Crippen LogP contribution is 2.25. The first kappa shape index (κ1) is 13.6. The molecule has 0 aromatic heterocycles. The molecule has 0 fully saturated rings. The summed E-state index contributed by atoms with van der Waals surface area (Å²) >= 11 is 0. The number of aliphatic hydroxyl groups is 1. The molecule has 0 saturated heterocycles. The third-order valence-corrected chi connectivity index (χ3v) is 3.14. The summed E-state index contributed by atoms with van der Waals surface area (Å²) in [7, 11) is 1.62. The second-order valence-electron chi connectivity index (χ2n) is 4.46. The lowest BCUT2D eigenvalue weighted by molar-refractivity contribution is 0.220. The van der Waals surface area contributed by atoms with Crippen LogP contribution in [0, 0.1) is 0 Å². The summed E-state index contributed by atoms with van der Waals surface area (Å²) in [6, 6.07) is 15.4. The number of rotatable bonds is 5. The van der Waals surface area contributed by atoms with Crippen LogP contribution < -0.4 is 10.5 Å². The zero-order chi connectivity index (χ0) is 13.7. The van der Waals surface area contributed by atoms with Crippen LogP contribution in [0.5, 0.6) is 5.75 Å². The minimum absolute atomic E-state index is 0.637. The van der Waals surface area contributed by atoms with Gasteiger partial charge in [-0.15, -0.1) is 0 Å². The Bertz CT molecular complexity index is 523. The molecule has 1 unspecified atom stereocenters. The van der Waals surface area contributed by atoms with E-state index >= 15 is 0 Å². The van der Waals surface area contributed by atoms with Crippen LogP contribution in [0.2, 0.25) is 0 Å². The molecule has 19 heavy (non-hydrogen) atoms. The standard InChI is InChI=1S/C16H19NO2/c1-19-15-4-2-3-14(11-15)16(18)13-7-5-12(6-8-13)9-10-17/h2-8,11,16,18H,9-10,17H2,1H3. The summed E-state index contributed by atoms with van der Waals surface area (Å²) in [5, 5.41) is 10.4. The van der Waals surface area contributed by atoms with Crippen molar-refractivity contribution >= 4 is 0 Å². The Kier molecular flexibility index (Phi) is 4.55. The molecule has 0 aliphatic heterocycles. The van der Waals surface area contributed by atoms with Crippen molar-refractivity contribution in [3.05, 3.63) is 65.2 Å². The maximum atomic E-state index is 10.4. The Labute approximate surface area is 113 Å². The van der Waals surface area contributed by atoms with E-state index in [0.29, 0.717) is 6.54 Å². The lowest BCUT2D eigenvalue weighted by atomic mass is 9.99. The molecule has 2 rings (SSSR count). The summed E-state index contributed by atoms with van der Waals surface area (Å²) in [6.07, 6.45) is 0.220. The second-order valence-corrected chi connectivity index (χ2v) is 4.46. The number of benzene rings is 2. The largest absolute Gasteiger partial charge is 0.497 e. The fraction of sp³-hybridized carbons (Fsp3) is 0.250. The van der Waals surface area contributed by atoms with Crippen molar-refractivity contribution in [3.63, 3.8) is 0 Å². The minimum Gasteiger partial charge on any atom is -0.497 e. The Morgan fingerprint density at radius 3 is 2.47 bits per heavy atom. The molecule has 0 amide bonds. The Morgan fingerprint density at radius 2 is 1.84 bits per heavy atom. The van der Waals surface area contributed by atoms with Crippen LogP contribution in [-0.4, -0.2) is 18.8 Å². The van der Waals surface area contributed by atoms with Gasteiger partial charge in [0.1, 0.15) is 11.9 Å². The molecule has 3 N–H and O–H groups in total. The van der Waals surface area contributed by atoms with Crippen molar-refractivity contribution in [2.75, 3.05) is 13.7 Å². The average Bonchev–Trinajstić information content (AvgIpc) is 2.48. The molecule has 2 aromatic carbocycles. The van der Waals surface area contributed by atoms with Gasteiger partial charge in [0, 0.05) is 0 Å². The molecule has 0 heterocycles. The number of aliphatic hydroxyl groups excluding tert-OH is 1. The highest BCUT2D eigenvalue weighted by Gasteiger charge is 2.10. The molecule has 1 atom stereocenters. The third-order valence-electron chi connectivity index (χ3n) is 3.14. The maximum absolute atomic E-state index is 10.4. The summed E-state index contributed by atoms with van der Waals surface area (Å²) in [4.78, 5) is 0. The molecule has 0 spiro atoms. The van der Waals surface area contributed by atoms with E-state index in [1.54, 1.807) is 7.11 Å². The van der Waals surface area contributed by atoms with Crippen molar-refractivity contribution in [3.8, 4) is 5.75 Å². The number of methoxy groups -OCH3 is 1. The predicted octanol–water partition coefficient (Wildman–Crippen LogP) is 2.28. The summed E-state index contributed by atoms with van der Waals surface area (Å²) < 4.78 is 5.17. The van der Waals surface area contributed by atoms with Gasteiger partial charge in [-0.25, -0.2) is 0 Å². The van der Waals surface area contributed by atoms with Gasteiger partial charge < -0.3 is 15.6 Å².